The van der Waals surface area contributed by atoms with Crippen molar-refractivity contribution in [3.63, 3.8) is 0 Å². The maximum absolute atomic E-state index is 14.1. The molecule has 170 valence electrons. The molecule has 9 nitrogen and oxygen atoms in total. The molecule has 0 aliphatic rings. The highest BCUT2D eigenvalue weighted by molar-refractivity contribution is 6.32. The Kier molecular flexibility index (Phi) is 5.21. The van der Waals surface area contributed by atoms with Crippen LogP contribution in [0.25, 0.3) is 22.4 Å². The molecule has 0 aliphatic heterocycles. The van der Waals surface area contributed by atoms with Crippen LogP contribution >= 0.6 is 11.6 Å². The van der Waals surface area contributed by atoms with Gasteiger partial charge < -0.3 is 5.32 Å². The second-order valence-corrected chi connectivity index (χ2v) is 7.37. The molecule has 1 aromatic carbocycles. The third-order valence-electron chi connectivity index (χ3n) is 4.82. The van der Waals surface area contributed by atoms with Crippen molar-refractivity contribution in [2.75, 3.05) is 5.32 Å². The fraction of sp³-hybridized carbons (Fsp3) is 0.0476. The van der Waals surface area contributed by atoms with E-state index in [2.05, 4.69) is 30.6 Å². The van der Waals surface area contributed by atoms with Crippen molar-refractivity contribution >= 4 is 34.1 Å². The van der Waals surface area contributed by atoms with Crippen LogP contribution in [-0.2, 0) is 6.18 Å². The van der Waals surface area contributed by atoms with E-state index >= 15 is 0 Å². The molecule has 13 heteroatoms. The molecule has 4 aromatic heterocycles. The summed E-state index contributed by atoms with van der Waals surface area (Å²) < 4.78 is 43.0. The van der Waals surface area contributed by atoms with Gasteiger partial charge in [-0.2, -0.15) is 28.5 Å². The Morgan fingerprint density at radius 3 is 2.47 bits per heavy atom. The molecular formula is C21H12ClF3N8O. The number of rotatable bonds is 4. The quantitative estimate of drug-likeness (QED) is 0.407. The molecule has 0 saturated heterocycles. The summed E-state index contributed by atoms with van der Waals surface area (Å²) in [6.45, 7) is 0. The van der Waals surface area contributed by atoms with E-state index in [1.54, 1.807) is 24.3 Å². The first-order valence-corrected chi connectivity index (χ1v) is 10.0. The first kappa shape index (κ1) is 21.5. The minimum Gasteiger partial charge on any atom is -0.320 e. The number of anilines is 1. The molecule has 1 amide bonds. The van der Waals surface area contributed by atoms with E-state index in [4.69, 9.17) is 11.6 Å². The van der Waals surface area contributed by atoms with Crippen molar-refractivity contribution in [3.8, 4) is 11.5 Å². The third kappa shape index (κ3) is 3.83. The average Bonchev–Trinajstić information content (AvgIpc) is 3.49. The van der Waals surface area contributed by atoms with Gasteiger partial charge in [0, 0.05) is 11.6 Å². The van der Waals surface area contributed by atoms with E-state index in [1.165, 1.54) is 41.7 Å². The van der Waals surface area contributed by atoms with Gasteiger partial charge in [-0.15, -0.1) is 4.80 Å². The molecule has 5 aromatic rings. The summed E-state index contributed by atoms with van der Waals surface area (Å²) in [5.41, 5.74) is -1.18. The molecule has 0 bridgehead atoms. The molecule has 5 rings (SSSR count). The van der Waals surface area contributed by atoms with Crippen molar-refractivity contribution in [3.05, 3.63) is 83.7 Å². The van der Waals surface area contributed by atoms with Gasteiger partial charge in [0.15, 0.2) is 11.5 Å². The number of nitrogens with one attached hydrogen (secondary N) is 1. The monoisotopic (exact) mass is 484 g/mol. The Balaban J connectivity index is 1.53. The first-order valence-electron chi connectivity index (χ1n) is 9.66. The van der Waals surface area contributed by atoms with Crippen LogP contribution in [0.1, 0.15) is 16.1 Å². The highest BCUT2D eigenvalue weighted by atomic mass is 35.5. The van der Waals surface area contributed by atoms with Crippen molar-refractivity contribution in [2.24, 2.45) is 0 Å². The summed E-state index contributed by atoms with van der Waals surface area (Å²) in [5, 5.41) is 14.6. The Bertz CT molecular complexity index is 1510. The van der Waals surface area contributed by atoms with E-state index < -0.39 is 23.3 Å². The van der Waals surface area contributed by atoms with Crippen molar-refractivity contribution < 1.29 is 18.0 Å². The van der Waals surface area contributed by atoms with Crippen molar-refractivity contribution in [2.45, 2.75) is 6.18 Å². The number of hydrogen-bond acceptors (Lipinski definition) is 6. The van der Waals surface area contributed by atoms with Crippen LogP contribution in [0.5, 0.6) is 0 Å². The lowest BCUT2D eigenvalue weighted by atomic mass is 10.1. The maximum atomic E-state index is 14.1. The fourth-order valence-corrected chi connectivity index (χ4v) is 3.65. The minimum absolute atomic E-state index is 0.0844. The smallest absolute Gasteiger partial charge is 0.320 e. The summed E-state index contributed by atoms with van der Waals surface area (Å²) in [6.07, 6.45) is 1.45. The van der Waals surface area contributed by atoms with Gasteiger partial charge >= 0.3 is 6.18 Å². The van der Waals surface area contributed by atoms with E-state index in [-0.39, 0.29) is 22.2 Å². The van der Waals surface area contributed by atoms with Gasteiger partial charge in [-0.3, -0.25) is 9.78 Å². The highest BCUT2D eigenvalue weighted by Crippen LogP contribution is 2.35. The molecular weight excluding hydrogens is 473 g/mol. The van der Waals surface area contributed by atoms with Gasteiger partial charge in [-0.25, -0.2) is 9.67 Å². The normalized spacial score (nSPS) is 11.6. The number of amides is 1. The van der Waals surface area contributed by atoms with Crippen LogP contribution < -0.4 is 5.32 Å². The van der Waals surface area contributed by atoms with E-state index in [1.807, 2.05) is 0 Å². The number of carbonyl (C=O) groups is 1. The number of benzene rings is 1. The number of aromatic nitrogens is 7. The summed E-state index contributed by atoms with van der Waals surface area (Å²) in [7, 11) is 0. The number of para-hydroxylation sites is 1. The van der Waals surface area contributed by atoms with Gasteiger partial charge in [-0.1, -0.05) is 29.8 Å². The van der Waals surface area contributed by atoms with Crippen molar-refractivity contribution in [1.82, 2.24) is 34.7 Å². The minimum atomic E-state index is -4.88. The molecule has 1 N–H and O–H groups in total. The lowest BCUT2D eigenvalue weighted by molar-refractivity contribution is -0.143. The summed E-state index contributed by atoms with van der Waals surface area (Å²) in [6, 6.07) is 9.43. The Morgan fingerprint density at radius 2 is 1.74 bits per heavy atom. The maximum Gasteiger partial charge on any atom is 0.434 e. The van der Waals surface area contributed by atoms with E-state index in [0.717, 1.165) is 6.20 Å². The molecule has 0 fully saturated rings. The molecule has 0 saturated carbocycles. The number of halogens is 4. The zero-order valence-electron chi connectivity index (χ0n) is 16.9. The van der Waals surface area contributed by atoms with Gasteiger partial charge in [-0.05, 0) is 18.2 Å². The standard InChI is InChI=1S/C21H12ClF3N8O/c22-15-9-12(10-27-19(15)33-28-7-8-29-33)31-20(34)14-11-30-32(18(14)21(23,24)25)17-5-6-26-16-4-2-1-3-13(16)17/h1-11H,(H,31,34). The van der Waals surface area contributed by atoms with E-state index in [0.29, 0.717) is 15.6 Å². The van der Waals surface area contributed by atoms with Gasteiger partial charge in [0.05, 0.1) is 52.3 Å². The first-order chi connectivity index (χ1) is 16.3. The SMILES string of the molecule is O=C(Nc1cnc(-n2nccn2)c(Cl)c1)c1cnn(-c2ccnc3ccccc23)c1C(F)(F)F. The Hall–Kier alpha value is -4.32. The Morgan fingerprint density at radius 1 is 0.971 bits per heavy atom. The van der Waals surface area contributed by atoms with Gasteiger partial charge in [0.2, 0.25) is 0 Å². The third-order valence-corrected chi connectivity index (χ3v) is 5.10. The average molecular weight is 485 g/mol. The van der Waals surface area contributed by atoms with E-state index in [9.17, 15) is 18.0 Å². The summed E-state index contributed by atoms with van der Waals surface area (Å²) in [4.78, 5) is 22.2. The molecule has 0 unspecified atom stereocenters. The van der Waals surface area contributed by atoms with Gasteiger partial charge in [0.25, 0.3) is 5.91 Å². The Labute approximate surface area is 193 Å². The lowest BCUT2D eigenvalue weighted by Gasteiger charge is -2.14. The van der Waals surface area contributed by atoms with Crippen molar-refractivity contribution in [1.29, 1.82) is 0 Å². The number of carbonyl (C=O) groups excluding carboxylic acids is 1. The molecule has 0 aliphatic carbocycles. The largest absolute Gasteiger partial charge is 0.434 e. The second-order valence-electron chi connectivity index (χ2n) is 6.97. The number of hydrogen-bond donors (Lipinski definition) is 1. The number of nitrogens with zero attached hydrogens (tertiary/aromatic N) is 7. The predicted octanol–water partition coefficient (Wildman–Crippen LogP) is 4.32. The molecule has 4 heterocycles. The van der Waals surface area contributed by atoms with Gasteiger partial charge in [0.1, 0.15) is 0 Å². The number of alkyl halides is 3. The number of pyridine rings is 2. The van der Waals surface area contributed by atoms with Crippen LogP contribution in [0.4, 0.5) is 18.9 Å². The van der Waals surface area contributed by atoms with Crippen LogP contribution in [-0.4, -0.2) is 40.6 Å². The fourth-order valence-electron chi connectivity index (χ4n) is 3.41. The van der Waals surface area contributed by atoms with Crippen LogP contribution in [0.2, 0.25) is 5.02 Å². The second kappa shape index (κ2) is 8.23. The molecule has 0 atom stereocenters. The predicted molar refractivity (Wildman–Crippen MR) is 116 cm³/mol. The lowest BCUT2D eigenvalue weighted by Crippen LogP contribution is -2.21. The molecule has 34 heavy (non-hydrogen) atoms. The number of fused-ring (bicyclic) bond motifs is 1. The van der Waals surface area contributed by atoms with Crippen LogP contribution in [0.15, 0.2) is 67.4 Å². The summed E-state index contributed by atoms with van der Waals surface area (Å²) in [5.74, 6) is -0.835. The zero-order valence-corrected chi connectivity index (χ0v) is 17.7. The topological polar surface area (TPSA) is 103 Å². The van der Waals surface area contributed by atoms with Crippen LogP contribution in [0, 0.1) is 0 Å². The molecule has 0 spiro atoms. The summed E-state index contributed by atoms with van der Waals surface area (Å²) >= 11 is 6.18. The molecule has 0 radical (unpaired) electrons. The zero-order chi connectivity index (χ0) is 23.9. The van der Waals surface area contributed by atoms with Crippen LogP contribution in [0.3, 0.4) is 0 Å². The highest BCUT2D eigenvalue weighted by Gasteiger charge is 2.41.